The van der Waals surface area contributed by atoms with Crippen molar-refractivity contribution in [3.05, 3.63) is 30.1 Å². The standard InChI is InChI=1S/C14H20FN3O2/c1-10(16)13-8-18(5-6-20-13)9-14(19)17-12-4-2-3-11(15)7-12/h2-4,7,10,13H,5-6,8-9,16H2,1H3,(H,17,19). The topological polar surface area (TPSA) is 67.6 Å². The second kappa shape index (κ2) is 6.78. The molecule has 0 saturated carbocycles. The zero-order chi connectivity index (χ0) is 14.5. The van der Waals surface area contributed by atoms with Gasteiger partial charge in [-0.15, -0.1) is 0 Å². The van der Waals surface area contributed by atoms with E-state index in [1.165, 1.54) is 12.1 Å². The summed E-state index contributed by atoms with van der Waals surface area (Å²) in [6.45, 7) is 4.04. The van der Waals surface area contributed by atoms with E-state index in [9.17, 15) is 9.18 Å². The number of carbonyl (C=O) groups is 1. The van der Waals surface area contributed by atoms with Crippen LogP contribution in [-0.2, 0) is 9.53 Å². The predicted molar refractivity (Wildman–Crippen MR) is 74.9 cm³/mol. The van der Waals surface area contributed by atoms with Crippen LogP contribution in [0.5, 0.6) is 0 Å². The molecule has 1 aliphatic heterocycles. The molecule has 2 atom stereocenters. The Labute approximate surface area is 117 Å². The van der Waals surface area contributed by atoms with E-state index >= 15 is 0 Å². The number of ether oxygens (including phenoxy) is 1. The molecule has 1 aliphatic rings. The van der Waals surface area contributed by atoms with E-state index in [1.807, 2.05) is 11.8 Å². The highest BCUT2D eigenvalue weighted by molar-refractivity contribution is 5.92. The lowest BCUT2D eigenvalue weighted by atomic mass is 10.1. The first kappa shape index (κ1) is 14.9. The normalized spacial score (nSPS) is 21.4. The van der Waals surface area contributed by atoms with E-state index in [-0.39, 0.29) is 30.4 Å². The van der Waals surface area contributed by atoms with Gasteiger partial charge in [0.1, 0.15) is 5.82 Å². The molecule has 20 heavy (non-hydrogen) atoms. The molecule has 0 spiro atoms. The number of halogens is 1. The minimum Gasteiger partial charge on any atom is -0.374 e. The molecule has 1 amide bonds. The number of rotatable bonds is 4. The molecule has 2 unspecified atom stereocenters. The predicted octanol–water partition coefficient (Wildman–Crippen LogP) is 0.812. The van der Waals surface area contributed by atoms with Crippen molar-refractivity contribution < 1.29 is 13.9 Å². The molecular weight excluding hydrogens is 261 g/mol. The van der Waals surface area contributed by atoms with Crippen LogP contribution in [0.3, 0.4) is 0 Å². The summed E-state index contributed by atoms with van der Waals surface area (Å²) >= 11 is 0. The largest absolute Gasteiger partial charge is 0.374 e. The van der Waals surface area contributed by atoms with Crippen LogP contribution in [-0.4, -0.2) is 49.2 Å². The smallest absolute Gasteiger partial charge is 0.238 e. The summed E-state index contributed by atoms with van der Waals surface area (Å²) in [7, 11) is 0. The van der Waals surface area contributed by atoms with E-state index in [0.717, 1.165) is 0 Å². The van der Waals surface area contributed by atoms with Gasteiger partial charge in [0, 0.05) is 24.8 Å². The Morgan fingerprint density at radius 3 is 3.15 bits per heavy atom. The summed E-state index contributed by atoms with van der Waals surface area (Å²) < 4.78 is 18.6. The van der Waals surface area contributed by atoms with Crippen LogP contribution in [0.2, 0.25) is 0 Å². The lowest BCUT2D eigenvalue weighted by Gasteiger charge is -2.34. The zero-order valence-corrected chi connectivity index (χ0v) is 11.5. The highest BCUT2D eigenvalue weighted by Gasteiger charge is 2.24. The fourth-order valence-electron chi connectivity index (χ4n) is 2.16. The Kier molecular flexibility index (Phi) is 5.05. The minimum absolute atomic E-state index is 0.0503. The number of morpholine rings is 1. The third-order valence-electron chi connectivity index (χ3n) is 3.24. The van der Waals surface area contributed by atoms with Crippen molar-refractivity contribution in [2.75, 3.05) is 31.6 Å². The first-order valence-electron chi connectivity index (χ1n) is 6.69. The Morgan fingerprint density at radius 2 is 2.45 bits per heavy atom. The molecular formula is C14H20FN3O2. The van der Waals surface area contributed by atoms with Gasteiger partial charge < -0.3 is 15.8 Å². The fourth-order valence-corrected chi connectivity index (χ4v) is 2.16. The van der Waals surface area contributed by atoms with E-state index in [0.29, 0.717) is 25.4 Å². The first-order valence-corrected chi connectivity index (χ1v) is 6.69. The van der Waals surface area contributed by atoms with Gasteiger partial charge in [0.25, 0.3) is 0 Å². The molecule has 1 fully saturated rings. The first-order chi connectivity index (χ1) is 9.54. The summed E-state index contributed by atoms with van der Waals surface area (Å²) in [5, 5.41) is 2.68. The molecule has 110 valence electrons. The molecule has 5 nitrogen and oxygen atoms in total. The quantitative estimate of drug-likeness (QED) is 0.857. The van der Waals surface area contributed by atoms with E-state index < -0.39 is 0 Å². The highest BCUT2D eigenvalue weighted by atomic mass is 19.1. The van der Waals surface area contributed by atoms with Crippen LogP contribution in [0.4, 0.5) is 10.1 Å². The van der Waals surface area contributed by atoms with Crippen LogP contribution in [0.25, 0.3) is 0 Å². The maximum absolute atomic E-state index is 13.0. The van der Waals surface area contributed by atoms with E-state index in [1.54, 1.807) is 12.1 Å². The minimum atomic E-state index is -0.369. The van der Waals surface area contributed by atoms with Gasteiger partial charge in [0.15, 0.2) is 0 Å². The summed E-state index contributed by atoms with van der Waals surface area (Å²) in [6, 6.07) is 5.79. The number of anilines is 1. The van der Waals surface area contributed by atoms with Gasteiger partial charge in [-0.2, -0.15) is 0 Å². The van der Waals surface area contributed by atoms with Crippen LogP contribution in [0.15, 0.2) is 24.3 Å². The monoisotopic (exact) mass is 281 g/mol. The lowest BCUT2D eigenvalue weighted by molar-refractivity contribution is -0.119. The van der Waals surface area contributed by atoms with Gasteiger partial charge in [0.2, 0.25) is 5.91 Å². The Balaban J connectivity index is 1.85. The van der Waals surface area contributed by atoms with Gasteiger partial charge in [-0.25, -0.2) is 4.39 Å². The summed E-state index contributed by atoms with van der Waals surface area (Å²) in [6.07, 6.45) is -0.0503. The third kappa shape index (κ3) is 4.26. The number of nitrogens with zero attached hydrogens (tertiary/aromatic N) is 1. The van der Waals surface area contributed by atoms with Gasteiger partial charge in [-0.3, -0.25) is 9.69 Å². The molecule has 0 aromatic heterocycles. The van der Waals surface area contributed by atoms with Gasteiger partial charge in [-0.05, 0) is 25.1 Å². The van der Waals surface area contributed by atoms with Gasteiger partial charge >= 0.3 is 0 Å². The average molecular weight is 281 g/mol. The molecule has 2 rings (SSSR count). The Hall–Kier alpha value is -1.50. The van der Waals surface area contributed by atoms with Crippen LogP contribution < -0.4 is 11.1 Å². The number of hydrogen-bond donors (Lipinski definition) is 2. The fraction of sp³-hybridized carbons (Fsp3) is 0.500. The number of amides is 1. The molecule has 0 bridgehead atoms. The number of hydrogen-bond acceptors (Lipinski definition) is 4. The molecule has 0 radical (unpaired) electrons. The highest BCUT2D eigenvalue weighted by Crippen LogP contribution is 2.10. The van der Waals surface area contributed by atoms with Crippen LogP contribution in [0, 0.1) is 5.82 Å². The van der Waals surface area contributed by atoms with Crippen molar-refractivity contribution in [3.8, 4) is 0 Å². The average Bonchev–Trinajstić information content (AvgIpc) is 2.38. The van der Waals surface area contributed by atoms with Gasteiger partial charge in [0.05, 0.1) is 19.3 Å². The van der Waals surface area contributed by atoms with E-state index in [2.05, 4.69) is 5.32 Å². The van der Waals surface area contributed by atoms with E-state index in [4.69, 9.17) is 10.5 Å². The van der Waals surface area contributed by atoms with Crippen molar-refractivity contribution in [3.63, 3.8) is 0 Å². The molecule has 3 N–H and O–H groups in total. The summed E-state index contributed by atoms with van der Waals surface area (Å²) in [4.78, 5) is 13.9. The molecule has 1 saturated heterocycles. The molecule has 1 aromatic rings. The van der Waals surface area contributed by atoms with Crippen LogP contribution >= 0.6 is 0 Å². The second-order valence-electron chi connectivity index (χ2n) is 5.06. The second-order valence-corrected chi connectivity index (χ2v) is 5.06. The van der Waals surface area contributed by atoms with Crippen molar-refractivity contribution in [2.45, 2.75) is 19.1 Å². The number of nitrogens with two attached hydrogens (primary N) is 1. The molecule has 1 aromatic carbocycles. The van der Waals surface area contributed by atoms with Crippen LogP contribution in [0.1, 0.15) is 6.92 Å². The molecule has 6 heteroatoms. The van der Waals surface area contributed by atoms with Crippen molar-refractivity contribution in [1.82, 2.24) is 4.90 Å². The molecule has 1 heterocycles. The summed E-state index contributed by atoms with van der Waals surface area (Å²) in [5.74, 6) is -0.535. The van der Waals surface area contributed by atoms with Crippen molar-refractivity contribution in [2.24, 2.45) is 5.73 Å². The zero-order valence-electron chi connectivity index (χ0n) is 11.5. The lowest BCUT2D eigenvalue weighted by Crippen LogP contribution is -2.51. The Bertz CT molecular complexity index is 467. The maximum Gasteiger partial charge on any atom is 0.238 e. The Morgan fingerprint density at radius 1 is 1.65 bits per heavy atom. The van der Waals surface area contributed by atoms with Crippen molar-refractivity contribution >= 4 is 11.6 Å². The number of carbonyl (C=O) groups excluding carboxylic acids is 1. The molecule has 0 aliphatic carbocycles. The van der Waals surface area contributed by atoms with Gasteiger partial charge in [-0.1, -0.05) is 6.07 Å². The van der Waals surface area contributed by atoms with Crippen molar-refractivity contribution in [1.29, 1.82) is 0 Å². The number of nitrogens with one attached hydrogen (secondary N) is 1. The maximum atomic E-state index is 13.0. The third-order valence-corrected chi connectivity index (χ3v) is 3.24. The SMILES string of the molecule is CC(N)C1CN(CC(=O)Nc2cccc(F)c2)CCO1. The summed E-state index contributed by atoms with van der Waals surface area (Å²) in [5.41, 5.74) is 6.27. The number of benzene rings is 1.